The van der Waals surface area contributed by atoms with Crippen LogP contribution >= 0.6 is 12.4 Å². The second kappa shape index (κ2) is 9.41. The number of carbonyl (C=O) groups is 1. The fourth-order valence-electron chi connectivity index (χ4n) is 3.58. The van der Waals surface area contributed by atoms with Crippen LogP contribution < -0.4 is 11.1 Å². The van der Waals surface area contributed by atoms with Crippen molar-refractivity contribution in [2.45, 2.75) is 56.9 Å². The molecule has 27 heavy (non-hydrogen) atoms. The Morgan fingerprint density at radius 1 is 1.30 bits per heavy atom. The van der Waals surface area contributed by atoms with Gasteiger partial charge in [0.25, 0.3) is 5.91 Å². The molecule has 0 saturated carbocycles. The van der Waals surface area contributed by atoms with E-state index in [2.05, 4.69) is 19.2 Å². The largest absolute Gasteiger partial charge is 0.345 e. The molecule has 156 valence electrons. The minimum absolute atomic E-state index is 0. The zero-order chi connectivity index (χ0) is 19.5. The van der Waals surface area contributed by atoms with E-state index in [0.717, 1.165) is 25.7 Å². The average Bonchev–Trinajstić information content (AvgIpc) is 2.97. The second-order valence-electron chi connectivity index (χ2n) is 7.95. The van der Waals surface area contributed by atoms with Crippen LogP contribution in [0.2, 0.25) is 0 Å². The van der Waals surface area contributed by atoms with E-state index in [9.17, 15) is 13.2 Å². The van der Waals surface area contributed by atoms with Crippen molar-refractivity contribution in [1.82, 2.24) is 14.2 Å². The zero-order valence-electron chi connectivity index (χ0n) is 16.7. The van der Waals surface area contributed by atoms with E-state index < -0.39 is 15.6 Å². The number of rotatable bonds is 7. The molecule has 7 nitrogen and oxygen atoms in total. The summed E-state index contributed by atoms with van der Waals surface area (Å²) in [5, 5.41) is 2.98. The lowest BCUT2D eigenvalue weighted by Crippen LogP contribution is -2.52. The van der Waals surface area contributed by atoms with Gasteiger partial charge < -0.3 is 15.6 Å². The molecule has 1 fully saturated rings. The first-order valence-corrected chi connectivity index (χ1v) is 10.7. The molecule has 0 spiro atoms. The highest BCUT2D eigenvalue weighted by atomic mass is 35.5. The molecule has 1 aliphatic rings. The van der Waals surface area contributed by atoms with Gasteiger partial charge in [-0.3, -0.25) is 4.79 Å². The fraction of sp³-hybridized carbons (Fsp3) is 0.722. The Bertz CT molecular complexity index is 742. The number of nitrogens with zero attached hydrogens (tertiary/aromatic N) is 2. The van der Waals surface area contributed by atoms with E-state index >= 15 is 0 Å². The molecule has 1 aromatic rings. The average molecular weight is 421 g/mol. The van der Waals surface area contributed by atoms with Crippen LogP contribution in [0.15, 0.2) is 17.2 Å². The number of hydrogen-bond donors (Lipinski definition) is 2. The molecule has 3 N–H and O–H groups in total. The standard InChI is InChI=1S/C18H32N4O3S.ClH/c1-14(2)11-18(3,13-19)20-17(23)16-10-15(12-21(16)4)26(24,25)22-8-6-5-7-9-22;/h10,12,14H,5-9,11,13,19H2,1-4H3,(H,20,23);1H. The highest BCUT2D eigenvalue weighted by molar-refractivity contribution is 7.89. The summed E-state index contributed by atoms with van der Waals surface area (Å²) in [4.78, 5) is 12.9. The zero-order valence-corrected chi connectivity index (χ0v) is 18.3. The maximum Gasteiger partial charge on any atom is 0.268 e. The van der Waals surface area contributed by atoms with Gasteiger partial charge in [-0.25, -0.2) is 8.42 Å². The molecular weight excluding hydrogens is 388 g/mol. The van der Waals surface area contributed by atoms with Crippen LogP contribution in [0.25, 0.3) is 0 Å². The van der Waals surface area contributed by atoms with Gasteiger partial charge in [0.1, 0.15) is 10.6 Å². The summed E-state index contributed by atoms with van der Waals surface area (Å²) in [7, 11) is -1.87. The summed E-state index contributed by atoms with van der Waals surface area (Å²) >= 11 is 0. The van der Waals surface area contributed by atoms with Gasteiger partial charge in [0, 0.05) is 32.9 Å². The quantitative estimate of drug-likeness (QED) is 0.705. The summed E-state index contributed by atoms with van der Waals surface area (Å²) in [6, 6.07) is 1.46. The highest BCUT2D eigenvalue weighted by Gasteiger charge is 2.31. The van der Waals surface area contributed by atoms with Crippen molar-refractivity contribution < 1.29 is 13.2 Å². The van der Waals surface area contributed by atoms with Gasteiger partial charge in [0.2, 0.25) is 10.0 Å². The number of carbonyl (C=O) groups excluding carboxylic acids is 1. The van der Waals surface area contributed by atoms with Gasteiger partial charge in [-0.2, -0.15) is 4.31 Å². The summed E-state index contributed by atoms with van der Waals surface area (Å²) < 4.78 is 28.7. The molecule has 2 rings (SSSR count). The van der Waals surface area contributed by atoms with E-state index in [1.54, 1.807) is 11.6 Å². The van der Waals surface area contributed by atoms with Crippen molar-refractivity contribution in [3.05, 3.63) is 18.0 Å². The number of sulfonamides is 1. The Morgan fingerprint density at radius 3 is 2.41 bits per heavy atom. The predicted octanol–water partition coefficient (Wildman–Crippen LogP) is 2.11. The summed E-state index contributed by atoms with van der Waals surface area (Å²) in [6.07, 6.45) is 5.08. The maximum absolute atomic E-state index is 12.8. The van der Waals surface area contributed by atoms with Crippen molar-refractivity contribution in [2.75, 3.05) is 19.6 Å². The van der Waals surface area contributed by atoms with Crippen LogP contribution in [0, 0.1) is 5.92 Å². The Kier molecular flexibility index (Phi) is 8.34. The van der Waals surface area contributed by atoms with E-state index in [1.807, 2.05) is 6.92 Å². The normalized spacial score (nSPS) is 18.0. The summed E-state index contributed by atoms with van der Waals surface area (Å²) in [5.41, 5.74) is 5.66. The van der Waals surface area contributed by atoms with Crippen molar-refractivity contribution in [3.63, 3.8) is 0 Å². The Balaban J connectivity index is 0.00000364. The van der Waals surface area contributed by atoms with Crippen molar-refractivity contribution >= 4 is 28.3 Å². The highest BCUT2D eigenvalue weighted by Crippen LogP contribution is 2.23. The molecule has 2 heterocycles. The number of halogens is 1. The fourth-order valence-corrected chi connectivity index (χ4v) is 5.17. The molecule has 0 bridgehead atoms. The lowest BCUT2D eigenvalue weighted by molar-refractivity contribution is 0.0890. The predicted molar refractivity (Wildman–Crippen MR) is 110 cm³/mol. The minimum atomic E-state index is -3.56. The van der Waals surface area contributed by atoms with E-state index in [4.69, 9.17) is 5.73 Å². The topological polar surface area (TPSA) is 97.4 Å². The third-order valence-electron chi connectivity index (χ3n) is 4.89. The van der Waals surface area contributed by atoms with Gasteiger partial charge in [-0.15, -0.1) is 12.4 Å². The number of aromatic nitrogens is 1. The molecule has 1 aliphatic heterocycles. The Labute approximate surface area is 169 Å². The maximum atomic E-state index is 12.8. The molecule has 1 unspecified atom stereocenters. The first-order chi connectivity index (χ1) is 12.1. The summed E-state index contributed by atoms with van der Waals surface area (Å²) in [5.74, 6) is 0.0773. The van der Waals surface area contributed by atoms with Crippen molar-refractivity contribution in [1.29, 1.82) is 0 Å². The molecule has 0 radical (unpaired) electrons. The smallest absolute Gasteiger partial charge is 0.268 e. The van der Waals surface area contributed by atoms with Crippen LogP contribution in [0.1, 0.15) is 56.9 Å². The van der Waals surface area contributed by atoms with Gasteiger partial charge in [0.05, 0.1) is 5.54 Å². The third-order valence-corrected chi connectivity index (χ3v) is 6.75. The molecule has 1 atom stereocenters. The van der Waals surface area contributed by atoms with E-state index in [-0.39, 0.29) is 23.2 Å². The number of hydrogen-bond acceptors (Lipinski definition) is 4. The Morgan fingerprint density at radius 2 is 1.89 bits per heavy atom. The SMILES string of the molecule is CC(C)CC(C)(CN)NC(=O)c1cc(S(=O)(=O)N2CCCCC2)cn1C.Cl. The number of nitrogens with two attached hydrogens (primary N) is 1. The molecule has 1 aromatic heterocycles. The van der Waals surface area contributed by atoms with Crippen molar-refractivity contribution in [2.24, 2.45) is 18.7 Å². The van der Waals surface area contributed by atoms with Crippen LogP contribution in [0.4, 0.5) is 0 Å². The lowest BCUT2D eigenvalue weighted by Gasteiger charge is -2.31. The van der Waals surface area contributed by atoms with Crippen LogP contribution in [-0.4, -0.2) is 48.4 Å². The van der Waals surface area contributed by atoms with Crippen molar-refractivity contribution in [3.8, 4) is 0 Å². The first kappa shape index (κ1) is 23.9. The number of aryl methyl sites for hydroxylation is 1. The van der Waals surface area contributed by atoms with E-state index in [0.29, 0.717) is 31.2 Å². The van der Waals surface area contributed by atoms with Gasteiger partial charge in [-0.05, 0) is 38.2 Å². The van der Waals surface area contributed by atoms with E-state index in [1.165, 1.54) is 16.6 Å². The van der Waals surface area contributed by atoms with Gasteiger partial charge in [-0.1, -0.05) is 20.3 Å². The second-order valence-corrected chi connectivity index (χ2v) is 9.89. The molecular formula is C18H33ClN4O3S. The Hall–Kier alpha value is -1.09. The molecule has 0 aromatic carbocycles. The molecule has 9 heteroatoms. The molecule has 0 aliphatic carbocycles. The summed E-state index contributed by atoms with van der Waals surface area (Å²) in [6.45, 7) is 7.47. The van der Waals surface area contributed by atoms with Gasteiger partial charge in [0.15, 0.2) is 0 Å². The number of piperidine rings is 1. The molecule has 1 saturated heterocycles. The minimum Gasteiger partial charge on any atom is -0.345 e. The third kappa shape index (κ3) is 5.70. The van der Waals surface area contributed by atoms with Gasteiger partial charge >= 0.3 is 0 Å². The van der Waals surface area contributed by atoms with Crippen LogP contribution in [-0.2, 0) is 17.1 Å². The lowest BCUT2D eigenvalue weighted by atomic mass is 9.90. The number of amides is 1. The molecule has 1 amide bonds. The number of nitrogens with one attached hydrogen (secondary N) is 1. The first-order valence-electron chi connectivity index (χ1n) is 9.28. The van der Waals surface area contributed by atoms with Crippen LogP contribution in [0.3, 0.4) is 0 Å². The van der Waals surface area contributed by atoms with Crippen LogP contribution in [0.5, 0.6) is 0 Å². The monoisotopic (exact) mass is 420 g/mol.